The van der Waals surface area contributed by atoms with Gasteiger partial charge in [-0.1, -0.05) is 23.2 Å². The highest BCUT2D eigenvalue weighted by atomic mass is 35.5. The predicted molar refractivity (Wildman–Crippen MR) is 75.6 cm³/mol. The fraction of sp³-hybridized carbons (Fsp3) is 0.538. The van der Waals surface area contributed by atoms with Crippen LogP contribution in [0.15, 0.2) is 18.2 Å². The number of hydrogen-bond donors (Lipinski definition) is 1. The van der Waals surface area contributed by atoms with E-state index >= 15 is 0 Å². The first-order valence-electron chi connectivity index (χ1n) is 6.22. The molecule has 1 atom stereocenters. The average molecular weight is 289 g/mol. The maximum Gasteiger partial charge on any atom is 0.138 e. The van der Waals surface area contributed by atoms with Crippen LogP contribution in [-0.4, -0.2) is 37.2 Å². The van der Waals surface area contributed by atoms with Crippen molar-refractivity contribution in [2.24, 2.45) is 5.73 Å². The highest BCUT2D eigenvalue weighted by Crippen LogP contribution is 2.27. The van der Waals surface area contributed by atoms with Crippen LogP contribution in [0.4, 0.5) is 0 Å². The maximum absolute atomic E-state index is 6.04. The van der Waals surface area contributed by atoms with E-state index in [0.29, 0.717) is 28.4 Å². The van der Waals surface area contributed by atoms with E-state index in [9.17, 15) is 0 Å². The van der Waals surface area contributed by atoms with Crippen LogP contribution in [0.2, 0.25) is 10.0 Å². The Kier molecular flexibility index (Phi) is 5.13. The third-order valence-electron chi connectivity index (χ3n) is 3.30. The quantitative estimate of drug-likeness (QED) is 0.906. The van der Waals surface area contributed by atoms with Gasteiger partial charge in [-0.25, -0.2) is 0 Å². The van der Waals surface area contributed by atoms with Crippen LogP contribution in [0.1, 0.15) is 12.8 Å². The van der Waals surface area contributed by atoms with Crippen molar-refractivity contribution in [2.45, 2.75) is 18.9 Å². The van der Waals surface area contributed by atoms with E-state index in [1.54, 1.807) is 18.2 Å². The van der Waals surface area contributed by atoms with Gasteiger partial charge in [-0.2, -0.15) is 0 Å². The minimum atomic E-state index is 0.509. The molecule has 1 fully saturated rings. The number of rotatable bonds is 5. The van der Waals surface area contributed by atoms with E-state index in [4.69, 9.17) is 33.7 Å². The van der Waals surface area contributed by atoms with E-state index < -0.39 is 0 Å². The lowest BCUT2D eigenvalue weighted by Gasteiger charge is -2.23. The van der Waals surface area contributed by atoms with Crippen molar-refractivity contribution in [3.8, 4) is 5.75 Å². The molecule has 1 unspecified atom stereocenters. The van der Waals surface area contributed by atoms with Crippen LogP contribution in [0.5, 0.6) is 5.75 Å². The van der Waals surface area contributed by atoms with Gasteiger partial charge in [0.2, 0.25) is 0 Å². The van der Waals surface area contributed by atoms with Crippen LogP contribution >= 0.6 is 23.2 Å². The predicted octanol–water partition coefficient (Wildman–Crippen LogP) is 2.80. The Morgan fingerprint density at radius 2 is 2.22 bits per heavy atom. The van der Waals surface area contributed by atoms with Gasteiger partial charge in [-0.05, 0) is 37.6 Å². The summed E-state index contributed by atoms with van der Waals surface area (Å²) in [6, 6.07) is 5.78. The Hall–Kier alpha value is -0.480. The number of ether oxygens (including phenoxy) is 1. The molecule has 1 aromatic rings. The highest BCUT2D eigenvalue weighted by Gasteiger charge is 2.22. The number of benzene rings is 1. The topological polar surface area (TPSA) is 38.5 Å². The second-order valence-electron chi connectivity index (χ2n) is 4.49. The van der Waals surface area contributed by atoms with Crippen LogP contribution in [0, 0.1) is 0 Å². The van der Waals surface area contributed by atoms with Gasteiger partial charge in [0.15, 0.2) is 0 Å². The summed E-state index contributed by atoms with van der Waals surface area (Å²) in [5.41, 5.74) is 5.73. The normalized spacial score (nSPS) is 20.3. The summed E-state index contributed by atoms with van der Waals surface area (Å²) in [4.78, 5) is 2.38. The standard InChI is InChI=1S/C13H18Cl2N2O/c14-10-3-4-13(12(15)8-10)18-7-6-17-5-1-2-11(17)9-16/h3-4,8,11H,1-2,5-7,9,16H2. The Morgan fingerprint density at radius 1 is 1.39 bits per heavy atom. The van der Waals surface area contributed by atoms with Gasteiger partial charge in [0.1, 0.15) is 12.4 Å². The lowest BCUT2D eigenvalue weighted by atomic mass is 10.2. The van der Waals surface area contributed by atoms with Crippen LogP contribution in [0.3, 0.4) is 0 Å². The van der Waals surface area contributed by atoms with Crippen molar-refractivity contribution in [1.29, 1.82) is 0 Å². The van der Waals surface area contributed by atoms with Gasteiger partial charge >= 0.3 is 0 Å². The van der Waals surface area contributed by atoms with Crippen LogP contribution in [0.25, 0.3) is 0 Å². The summed E-state index contributed by atoms with van der Waals surface area (Å²) >= 11 is 11.9. The average Bonchev–Trinajstić information content (AvgIpc) is 2.79. The fourth-order valence-corrected chi connectivity index (χ4v) is 2.78. The van der Waals surface area contributed by atoms with Gasteiger partial charge in [0.05, 0.1) is 5.02 Å². The molecule has 18 heavy (non-hydrogen) atoms. The van der Waals surface area contributed by atoms with E-state index in [1.807, 2.05) is 0 Å². The Morgan fingerprint density at radius 3 is 2.94 bits per heavy atom. The van der Waals surface area contributed by atoms with Gasteiger partial charge in [0.25, 0.3) is 0 Å². The van der Waals surface area contributed by atoms with Gasteiger partial charge in [-0.15, -0.1) is 0 Å². The molecule has 5 heteroatoms. The largest absolute Gasteiger partial charge is 0.491 e. The molecule has 0 radical (unpaired) electrons. The molecule has 0 spiro atoms. The number of nitrogens with zero attached hydrogens (tertiary/aromatic N) is 1. The first kappa shape index (κ1) is 13.9. The van der Waals surface area contributed by atoms with E-state index in [2.05, 4.69) is 4.90 Å². The zero-order chi connectivity index (χ0) is 13.0. The molecule has 2 N–H and O–H groups in total. The minimum Gasteiger partial charge on any atom is -0.491 e. The summed E-state index contributed by atoms with van der Waals surface area (Å²) in [6.07, 6.45) is 2.42. The van der Waals surface area contributed by atoms with Crippen molar-refractivity contribution in [3.63, 3.8) is 0 Å². The fourth-order valence-electron chi connectivity index (χ4n) is 2.32. The second kappa shape index (κ2) is 6.62. The van der Waals surface area contributed by atoms with E-state index in [1.165, 1.54) is 12.8 Å². The van der Waals surface area contributed by atoms with Gasteiger partial charge < -0.3 is 10.5 Å². The molecule has 0 amide bonds. The molecule has 1 saturated heterocycles. The lowest BCUT2D eigenvalue weighted by Crippen LogP contribution is -2.37. The maximum atomic E-state index is 6.04. The molecule has 1 aromatic carbocycles. The van der Waals surface area contributed by atoms with Gasteiger partial charge in [-0.3, -0.25) is 4.90 Å². The molecule has 3 nitrogen and oxygen atoms in total. The molecule has 1 aliphatic heterocycles. The lowest BCUT2D eigenvalue weighted by molar-refractivity contribution is 0.199. The second-order valence-corrected chi connectivity index (χ2v) is 5.33. The molecule has 1 heterocycles. The number of hydrogen-bond acceptors (Lipinski definition) is 3. The van der Waals surface area contributed by atoms with Crippen LogP contribution in [-0.2, 0) is 0 Å². The monoisotopic (exact) mass is 288 g/mol. The third-order valence-corrected chi connectivity index (χ3v) is 3.83. The molecular weight excluding hydrogens is 271 g/mol. The van der Waals surface area contributed by atoms with Crippen molar-refractivity contribution >= 4 is 23.2 Å². The zero-order valence-electron chi connectivity index (χ0n) is 10.2. The summed E-state index contributed by atoms with van der Waals surface area (Å²) < 4.78 is 5.67. The molecule has 0 aromatic heterocycles. The van der Waals surface area contributed by atoms with Crippen molar-refractivity contribution in [3.05, 3.63) is 28.2 Å². The Balaban J connectivity index is 1.81. The number of likely N-dealkylation sites (tertiary alicyclic amines) is 1. The Labute approximate surface area is 118 Å². The molecule has 0 aliphatic carbocycles. The third kappa shape index (κ3) is 3.51. The summed E-state index contributed by atoms with van der Waals surface area (Å²) in [5, 5.41) is 1.18. The number of halogens is 2. The summed E-state index contributed by atoms with van der Waals surface area (Å²) in [7, 11) is 0. The first-order valence-corrected chi connectivity index (χ1v) is 6.98. The molecule has 0 bridgehead atoms. The summed E-state index contributed by atoms with van der Waals surface area (Å²) in [5.74, 6) is 0.685. The van der Waals surface area contributed by atoms with E-state index in [-0.39, 0.29) is 0 Å². The molecule has 100 valence electrons. The van der Waals surface area contributed by atoms with Crippen molar-refractivity contribution in [1.82, 2.24) is 4.90 Å². The van der Waals surface area contributed by atoms with E-state index in [0.717, 1.165) is 19.6 Å². The zero-order valence-corrected chi connectivity index (χ0v) is 11.8. The van der Waals surface area contributed by atoms with Crippen molar-refractivity contribution in [2.75, 3.05) is 26.2 Å². The SMILES string of the molecule is NCC1CCCN1CCOc1ccc(Cl)cc1Cl. The molecule has 0 saturated carbocycles. The molecule has 1 aliphatic rings. The van der Waals surface area contributed by atoms with Crippen LogP contribution < -0.4 is 10.5 Å². The van der Waals surface area contributed by atoms with Crippen molar-refractivity contribution < 1.29 is 4.74 Å². The highest BCUT2D eigenvalue weighted by molar-refractivity contribution is 6.35. The minimum absolute atomic E-state index is 0.509. The Bertz CT molecular complexity index is 401. The first-order chi connectivity index (χ1) is 8.70. The summed E-state index contributed by atoms with van der Waals surface area (Å²) in [6.45, 7) is 3.35. The molecular formula is C13H18Cl2N2O. The smallest absolute Gasteiger partial charge is 0.138 e. The number of nitrogens with two attached hydrogens (primary N) is 1. The molecule has 2 rings (SSSR count). The van der Waals surface area contributed by atoms with Gasteiger partial charge in [0, 0.05) is 24.2 Å².